The van der Waals surface area contributed by atoms with Crippen LogP contribution in [-0.2, 0) is 4.74 Å². The summed E-state index contributed by atoms with van der Waals surface area (Å²) < 4.78 is 5.63. The van der Waals surface area contributed by atoms with Crippen LogP contribution in [0.2, 0.25) is 0 Å². The molecule has 1 atom stereocenters. The molecule has 184 valence electrons. The molecule has 0 aliphatic heterocycles. The van der Waals surface area contributed by atoms with Crippen LogP contribution in [0.5, 0.6) is 0 Å². The Kier molecular flexibility index (Phi) is 15.1. The highest BCUT2D eigenvalue weighted by molar-refractivity contribution is 5.89. The van der Waals surface area contributed by atoms with Crippen LogP contribution in [0, 0.1) is 5.92 Å². The monoisotopic (exact) mass is 447 g/mol. The molecule has 0 fully saturated rings. The summed E-state index contributed by atoms with van der Waals surface area (Å²) >= 11 is 0. The second-order valence-corrected chi connectivity index (χ2v) is 8.60. The maximum atomic E-state index is 12.6. The van der Waals surface area contributed by atoms with Crippen molar-refractivity contribution >= 4 is 11.7 Å². The SMILES string of the molecule is CCCCC(CC)COC(=O)c1ccc(N(CCN(CC)CC)CCN(CC)CC)cc1. The van der Waals surface area contributed by atoms with Gasteiger partial charge in [-0.15, -0.1) is 0 Å². The van der Waals surface area contributed by atoms with Crippen LogP contribution in [0.4, 0.5) is 5.69 Å². The van der Waals surface area contributed by atoms with E-state index in [1.807, 2.05) is 12.1 Å². The number of rotatable bonds is 18. The van der Waals surface area contributed by atoms with Gasteiger partial charge in [0.05, 0.1) is 12.2 Å². The van der Waals surface area contributed by atoms with Gasteiger partial charge in [-0.25, -0.2) is 4.79 Å². The van der Waals surface area contributed by atoms with Gasteiger partial charge in [0, 0.05) is 31.9 Å². The first kappa shape index (κ1) is 28.4. The van der Waals surface area contributed by atoms with Crippen molar-refractivity contribution in [3.63, 3.8) is 0 Å². The molecule has 0 saturated heterocycles. The normalized spacial score (nSPS) is 12.4. The van der Waals surface area contributed by atoms with E-state index in [9.17, 15) is 4.79 Å². The van der Waals surface area contributed by atoms with Crippen LogP contribution < -0.4 is 4.90 Å². The number of benzene rings is 1. The standard InChI is InChI=1S/C27H49N3O2/c1-7-13-14-24(8-2)23-32-27(31)25-15-17-26(18-16-25)30(21-19-28(9-3)10-4)22-20-29(11-5)12-6/h15-18,24H,7-14,19-23H2,1-6H3. The van der Waals surface area contributed by atoms with Crippen LogP contribution in [0.15, 0.2) is 24.3 Å². The van der Waals surface area contributed by atoms with Crippen molar-refractivity contribution in [2.45, 2.75) is 67.2 Å². The predicted octanol–water partition coefficient (Wildman–Crippen LogP) is 5.55. The van der Waals surface area contributed by atoms with E-state index in [-0.39, 0.29) is 5.97 Å². The smallest absolute Gasteiger partial charge is 0.338 e. The molecule has 1 rings (SSSR count). The first-order chi connectivity index (χ1) is 15.5. The second-order valence-electron chi connectivity index (χ2n) is 8.60. The highest BCUT2D eigenvalue weighted by atomic mass is 16.5. The highest BCUT2D eigenvalue weighted by Gasteiger charge is 2.14. The average Bonchev–Trinajstić information content (AvgIpc) is 2.83. The molecule has 0 aliphatic rings. The number of hydrogen-bond donors (Lipinski definition) is 0. The van der Waals surface area contributed by atoms with Gasteiger partial charge in [0.15, 0.2) is 0 Å². The molecule has 5 heteroatoms. The quantitative estimate of drug-likeness (QED) is 0.276. The van der Waals surface area contributed by atoms with E-state index in [2.05, 4.69) is 68.4 Å². The lowest BCUT2D eigenvalue weighted by Gasteiger charge is -2.30. The number of carbonyl (C=O) groups is 1. The van der Waals surface area contributed by atoms with Crippen molar-refractivity contribution < 1.29 is 9.53 Å². The van der Waals surface area contributed by atoms with Gasteiger partial charge in [-0.1, -0.05) is 60.8 Å². The zero-order chi connectivity index (χ0) is 23.8. The Morgan fingerprint density at radius 3 is 1.78 bits per heavy atom. The van der Waals surface area contributed by atoms with Crippen LogP contribution in [0.1, 0.15) is 77.6 Å². The van der Waals surface area contributed by atoms with E-state index in [4.69, 9.17) is 4.74 Å². The third-order valence-corrected chi connectivity index (χ3v) is 6.62. The fraction of sp³-hybridized carbons (Fsp3) is 0.741. The van der Waals surface area contributed by atoms with E-state index in [1.165, 1.54) is 18.5 Å². The lowest BCUT2D eigenvalue weighted by atomic mass is 10.0. The van der Waals surface area contributed by atoms with Crippen molar-refractivity contribution in [2.75, 3.05) is 63.9 Å². The molecule has 0 radical (unpaired) electrons. The molecule has 0 saturated carbocycles. The molecule has 0 aliphatic carbocycles. The summed E-state index contributed by atoms with van der Waals surface area (Å²) in [5, 5.41) is 0. The summed E-state index contributed by atoms with van der Waals surface area (Å²) in [6, 6.07) is 8.00. The predicted molar refractivity (Wildman–Crippen MR) is 138 cm³/mol. The third kappa shape index (κ3) is 10.4. The van der Waals surface area contributed by atoms with Crippen molar-refractivity contribution in [2.24, 2.45) is 5.92 Å². The minimum Gasteiger partial charge on any atom is -0.462 e. The number of hydrogen-bond acceptors (Lipinski definition) is 5. The Balaban J connectivity index is 2.77. The number of unbranched alkanes of at least 4 members (excludes halogenated alkanes) is 1. The van der Waals surface area contributed by atoms with Gasteiger partial charge in [0.1, 0.15) is 0 Å². The fourth-order valence-electron chi connectivity index (χ4n) is 3.96. The Hall–Kier alpha value is -1.59. The van der Waals surface area contributed by atoms with Gasteiger partial charge in [0.25, 0.3) is 0 Å². The second kappa shape index (κ2) is 17.0. The Labute approximate surface area is 198 Å². The lowest BCUT2D eigenvalue weighted by Crippen LogP contribution is -2.39. The molecule has 0 N–H and O–H groups in total. The summed E-state index contributed by atoms with van der Waals surface area (Å²) in [6.07, 6.45) is 4.57. The molecule has 5 nitrogen and oxygen atoms in total. The van der Waals surface area contributed by atoms with E-state index in [0.717, 1.165) is 65.2 Å². The number of anilines is 1. The summed E-state index contributed by atoms with van der Waals surface area (Å²) in [7, 11) is 0. The lowest BCUT2D eigenvalue weighted by molar-refractivity contribution is 0.0428. The largest absolute Gasteiger partial charge is 0.462 e. The van der Waals surface area contributed by atoms with Crippen molar-refractivity contribution in [1.82, 2.24) is 9.80 Å². The maximum Gasteiger partial charge on any atom is 0.338 e. The zero-order valence-corrected chi connectivity index (χ0v) is 21.7. The van der Waals surface area contributed by atoms with E-state index >= 15 is 0 Å². The van der Waals surface area contributed by atoms with Gasteiger partial charge < -0.3 is 19.4 Å². The molecule has 1 aromatic rings. The Morgan fingerprint density at radius 1 is 0.812 bits per heavy atom. The van der Waals surface area contributed by atoms with E-state index in [0.29, 0.717) is 18.1 Å². The van der Waals surface area contributed by atoms with E-state index in [1.54, 1.807) is 0 Å². The fourth-order valence-corrected chi connectivity index (χ4v) is 3.96. The summed E-state index contributed by atoms with van der Waals surface area (Å²) in [6.45, 7) is 22.1. The maximum absolute atomic E-state index is 12.6. The van der Waals surface area contributed by atoms with Gasteiger partial charge in [-0.3, -0.25) is 0 Å². The van der Waals surface area contributed by atoms with Crippen molar-refractivity contribution in [1.29, 1.82) is 0 Å². The molecular weight excluding hydrogens is 398 g/mol. The van der Waals surface area contributed by atoms with Crippen molar-refractivity contribution in [3.8, 4) is 0 Å². The molecule has 1 unspecified atom stereocenters. The molecule has 1 aromatic carbocycles. The molecule has 0 spiro atoms. The van der Waals surface area contributed by atoms with Gasteiger partial charge in [-0.05, 0) is 62.8 Å². The Bertz CT molecular complexity index is 581. The molecule has 32 heavy (non-hydrogen) atoms. The molecule has 0 bridgehead atoms. The van der Waals surface area contributed by atoms with Crippen LogP contribution in [-0.4, -0.2) is 74.7 Å². The number of esters is 1. The Morgan fingerprint density at radius 2 is 1.34 bits per heavy atom. The summed E-state index contributed by atoms with van der Waals surface area (Å²) in [5.74, 6) is 0.262. The van der Waals surface area contributed by atoms with Gasteiger partial charge >= 0.3 is 5.97 Å². The average molecular weight is 448 g/mol. The zero-order valence-electron chi connectivity index (χ0n) is 21.7. The van der Waals surface area contributed by atoms with Gasteiger partial charge in [-0.2, -0.15) is 0 Å². The van der Waals surface area contributed by atoms with Crippen LogP contribution in [0.25, 0.3) is 0 Å². The van der Waals surface area contributed by atoms with Gasteiger partial charge in [0.2, 0.25) is 0 Å². The molecule has 0 heterocycles. The highest BCUT2D eigenvalue weighted by Crippen LogP contribution is 2.18. The number of ether oxygens (including phenoxy) is 1. The van der Waals surface area contributed by atoms with E-state index < -0.39 is 0 Å². The molecular formula is C27H49N3O2. The third-order valence-electron chi connectivity index (χ3n) is 6.62. The minimum absolute atomic E-state index is 0.204. The van der Waals surface area contributed by atoms with Crippen LogP contribution >= 0.6 is 0 Å². The minimum atomic E-state index is -0.204. The summed E-state index contributed by atoms with van der Waals surface area (Å²) in [4.78, 5) is 19.9. The number of likely N-dealkylation sites (N-methyl/N-ethyl adjacent to an activating group) is 2. The topological polar surface area (TPSA) is 36.0 Å². The van der Waals surface area contributed by atoms with Crippen molar-refractivity contribution in [3.05, 3.63) is 29.8 Å². The first-order valence-corrected chi connectivity index (χ1v) is 13.0. The molecule has 0 aromatic heterocycles. The first-order valence-electron chi connectivity index (χ1n) is 13.0. The summed E-state index contributed by atoms with van der Waals surface area (Å²) in [5.41, 5.74) is 1.82. The number of nitrogens with zero attached hydrogens (tertiary/aromatic N) is 3. The number of carbonyl (C=O) groups excluding carboxylic acids is 1. The molecule has 0 amide bonds. The van der Waals surface area contributed by atoms with Crippen LogP contribution in [0.3, 0.4) is 0 Å².